The molecule has 0 unspecified atom stereocenters. The van der Waals surface area contributed by atoms with Gasteiger partial charge in [0, 0.05) is 33.7 Å². The summed E-state index contributed by atoms with van der Waals surface area (Å²) in [5.74, 6) is 0. The van der Waals surface area contributed by atoms with Gasteiger partial charge in [0.2, 0.25) is 0 Å². The SMILES string of the molecule is c1ccc(-c2ccc3c(c2)C2(c4ccccc4-c4ccccc42)c2ccc(N(c4ccccc4)c4cccc5oc6ccccc6c45)c(-c4ccc5c(ccc6cc(N(c7ccccc7)c7ccccc7)ccc65)c4)c2-3)cc1. The van der Waals surface area contributed by atoms with Gasteiger partial charge in [-0.25, -0.2) is 0 Å². The minimum Gasteiger partial charge on any atom is -0.456 e. The molecule has 0 saturated carbocycles. The predicted molar refractivity (Wildman–Crippen MR) is 325 cm³/mol. The Kier molecular flexibility index (Phi) is 9.85. The van der Waals surface area contributed by atoms with E-state index in [-0.39, 0.29) is 0 Å². The molecule has 0 atom stereocenters. The Labute approximate surface area is 452 Å². The maximum Gasteiger partial charge on any atom is 0.137 e. The average Bonchev–Trinajstić information content (AvgIpc) is 4.22. The fourth-order valence-electron chi connectivity index (χ4n) is 13.4. The second kappa shape index (κ2) is 17.4. The normalized spacial score (nSPS) is 12.7. The van der Waals surface area contributed by atoms with Gasteiger partial charge in [0.1, 0.15) is 11.2 Å². The first kappa shape index (κ1) is 44.1. The number of fused-ring (bicyclic) bond motifs is 16. The van der Waals surface area contributed by atoms with E-state index in [1.807, 2.05) is 0 Å². The van der Waals surface area contributed by atoms with Gasteiger partial charge in [0.15, 0.2) is 0 Å². The Bertz CT molecular complexity index is 4590. The van der Waals surface area contributed by atoms with E-state index in [2.05, 4.69) is 301 Å². The monoisotopic (exact) mass is 992 g/mol. The van der Waals surface area contributed by atoms with Crippen LogP contribution in [0.1, 0.15) is 22.3 Å². The summed E-state index contributed by atoms with van der Waals surface area (Å²) >= 11 is 0. The summed E-state index contributed by atoms with van der Waals surface area (Å²) in [6.45, 7) is 0. The first-order chi connectivity index (χ1) is 38.7. The highest BCUT2D eigenvalue weighted by Crippen LogP contribution is 2.66. The van der Waals surface area contributed by atoms with Crippen molar-refractivity contribution >= 4 is 77.6 Å². The largest absolute Gasteiger partial charge is 0.456 e. The summed E-state index contributed by atoms with van der Waals surface area (Å²) in [6, 6.07) is 107. The number of anilines is 6. The van der Waals surface area contributed by atoms with Crippen LogP contribution in [0.3, 0.4) is 0 Å². The lowest BCUT2D eigenvalue weighted by Crippen LogP contribution is -2.26. The van der Waals surface area contributed by atoms with Gasteiger partial charge in [-0.2, -0.15) is 0 Å². The van der Waals surface area contributed by atoms with Crippen LogP contribution < -0.4 is 9.80 Å². The zero-order valence-corrected chi connectivity index (χ0v) is 42.5. The standard InChI is InChI=1S/C75H48N2O/c1-5-20-49(21-6-1)50-38-42-62-67(48-50)75(64-31-16-13-28-60(64)61-29-14-17-32-65(61)75)66-44-45-69(77(56-26-11-4-12-27-56)68-33-19-35-71-74(68)63-30-15-18-34-70(63)78-71)72(73(62)66)53-39-41-58-51(46-53)36-37-52-47-57(40-43-59(52)58)76(54-22-7-2-8-23-54)55-24-9-3-10-25-55/h1-48H. The van der Waals surface area contributed by atoms with Crippen LogP contribution >= 0.6 is 0 Å². The van der Waals surface area contributed by atoms with Crippen molar-refractivity contribution in [3.63, 3.8) is 0 Å². The molecular weight excluding hydrogens is 945 g/mol. The lowest BCUT2D eigenvalue weighted by atomic mass is 9.70. The highest BCUT2D eigenvalue weighted by atomic mass is 16.3. The van der Waals surface area contributed by atoms with Crippen molar-refractivity contribution in [2.75, 3.05) is 9.80 Å². The van der Waals surface area contributed by atoms with E-state index in [4.69, 9.17) is 4.42 Å². The Morgan fingerprint density at radius 1 is 0.269 bits per heavy atom. The van der Waals surface area contributed by atoms with Crippen LogP contribution in [0.15, 0.2) is 296 Å². The van der Waals surface area contributed by atoms with Crippen LogP contribution in [-0.4, -0.2) is 0 Å². The minimum atomic E-state index is -0.591. The second-order valence-corrected chi connectivity index (χ2v) is 20.7. The summed E-state index contributed by atoms with van der Waals surface area (Å²) in [4.78, 5) is 4.82. The fraction of sp³-hybridized carbons (Fsp3) is 0.0133. The number of rotatable bonds is 8. The zero-order chi connectivity index (χ0) is 51.3. The molecule has 3 heteroatoms. The van der Waals surface area contributed by atoms with Crippen LogP contribution in [0, 0.1) is 0 Å². The van der Waals surface area contributed by atoms with Crippen molar-refractivity contribution in [3.8, 4) is 44.5 Å². The van der Waals surface area contributed by atoms with Gasteiger partial charge in [0.25, 0.3) is 0 Å². The van der Waals surface area contributed by atoms with Crippen LogP contribution in [0.4, 0.5) is 34.1 Å². The maximum atomic E-state index is 6.65. The zero-order valence-electron chi connectivity index (χ0n) is 42.5. The van der Waals surface area contributed by atoms with Crippen molar-refractivity contribution in [1.82, 2.24) is 0 Å². The van der Waals surface area contributed by atoms with Crippen LogP contribution in [0.5, 0.6) is 0 Å². The summed E-state index contributed by atoms with van der Waals surface area (Å²) < 4.78 is 6.65. The molecule has 1 spiro atoms. The molecule has 13 aromatic carbocycles. The molecule has 2 aliphatic rings. The number of para-hydroxylation sites is 4. The molecule has 0 fully saturated rings. The number of nitrogens with zero attached hydrogens (tertiary/aromatic N) is 2. The van der Waals surface area contributed by atoms with Crippen molar-refractivity contribution in [1.29, 1.82) is 0 Å². The average molecular weight is 993 g/mol. The molecule has 364 valence electrons. The number of furan rings is 1. The van der Waals surface area contributed by atoms with Gasteiger partial charge in [-0.15, -0.1) is 0 Å². The molecule has 0 amide bonds. The number of benzene rings is 13. The summed E-state index contributed by atoms with van der Waals surface area (Å²) in [7, 11) is 0. The predicted octanol–water partition coefficient (Wildman–Crippen LogP) is 20.5. The van der Waals surface area contributed by atoms with Gasteiger partial charge in [-0.1, -0.05) is 206 Å². The van der Waals surface area contributed by atoms with Crippen molar-refractivity contribution < 1.29 is 4.42 Å². The molecule has 3 nitrogen and oxygen atoms in total. The van der Waals surface area contributed by atoms with Gasteiger partial charge in [-0.3, -0.25) is 0 Å². The Balaban J connectivity index is 0.988. The molecule has 14 aromatic rings. The minimum absolute atomic E-state index is 0.591. The van der Waals surface area contributed by atoms with Gasteiger partial charge in [0.05, 0.1) is 22.2 Å². The highest BCUT2D eigenvalue weighted by molar-refractivity contribution is 6.16. The Morgan fingerprint density at radius 3 is 1.53 bits per heavy atom. The van der Waals surface area contributed by atoms with Crippen molar-refractivity contribution in [2.45, 2.75) is 5.41 Å². The molecular formula is C75H48N2O. The summed E-state index contributed by atoms with van der Waals surface area (Å²) in [5, 5.41) is 6.95. The smallest absolute Gasteiger partial charge is 0.137 e. The molecule has 0 radical (unpaired) electrons. The lowest BCUT2D eigenvalue weighted by molar-refractivity contribution is 0.669. The van der Waals surface area contributed by atoms with Crippen LogP contribution in [-0.2, 0) is 5.41 Å². The maximum absolute atomic E-state index is 6.65. The van der Waals surface area contributed by atoms with Gasteiger partial charge < -0.3 is 14.2 Å². The van der Waals surface area contributed by atoms with Crippen molar-refractivity contribution in [3.05, 3.63) is 313 Å². The quantitative estimate of drug-likeness (QED) is 0.141. The third-order valence-electron chi connectivity index (χ3n) is 16.6. The number of hydrogen-bond donors (Lipinski definition) is 0. The molecule has 0 saturated heterocycles. The molecule has 0 N–H and O–H groups in total. The van der Waals surface area contributed by atoms with Crippen molar-refractivity contribution in [2.24, 2.45) is 0 Å². The third kappa shape index (κ3) is 6.52. The van der Waals surface area contributed by atoms with Crippen LogP contribution in [0.2, 0.25) is 0 Å². The lowest BCUT2D eigenvalue weighted by Gasteiger charge is -2.33. The summed E-state index contributed by atoms with van der Waals surface area (Å²) in [5.41, 5.74) is 22.6. The van der Waals surface area contributed by atoms with Crippen LogP contribution in [0.25, 0.3) is 88.0 Å². The van der Waals surface area contributed by atoms with E-state index in [1.54, 1.807) is 0 Å². The Morgan fingerprint density at radius 2 is 0.833 bits per heavy atom. The third-order valence-corrected chi connectivity index (χ3v) is 16.6. The first-order valence-corrected chi connectivity index (χ1v) is 26.9. The molecule has 16 rings (SSSR count). The van der Waals surface area contributed by atoms with Gasteiger partial charge in [-0.05, 0) is 168 Å². The molecule has 0 aliphatic heterocycles. The second-order valence-electron chi connectivity index (χ2n) is 20.7. The first-order valence-electron chi connectivity index (χ1n) is 26.9. The molecule has 1 heterocycles. The van der Waals surface area contributed by atoms with E-state index < -0.39 is 5.41 Å². The van der Waals surface area contributed by atoms with E-state index in [9.17, 15) is 0 Å². The molecule has 0 bridgehead atoms. The molecule has 78 heavy (non-hydrogen) atoms. The fourth-order valence-corrected chi connectivity index (χ4v) is 13.4. The van der Waals surface area contributed by atoms with Gasteiger partial charge >= 0.3 is 0 Å². The van der Waals surface area contributed by atoms with E-state index in [0.29, 0.717) is 0 Å². The van der Waals surface area contributed by atoms with E-state index in [1.165, 1.54) is 82.7 Å². The highest BCUT2D eigenvalue weighted by Gasteiger charge is 2.53. The Hall–Kier alpha value is -10.2. The molecule has 2 aliphatic carbocycles. The molecule has 1 aromatic heterocycles. The topological polar surface area (TPSA) is 19.6 Å². The summed E-state index contributed by atoms with van der Waals surface area (Å²) in [6.07, 6.45) is 0. The number of hydrogen-bond acceptors (Lipinski definition) is 3. The van der Waals surface area contributed by atoms with E-state index >= 15 is 0 Å². The van der Waals surface area contributed by atoms with E-state index in [0.717, 1.165) is 61.6 Å².